The number of alkyl halides is 3. The third kappa shape index (κ3) is 5.56. The number of benzene rings is 1. The second kappa shape index (κ2) is 10.8. The van der Waals surface area contributed by atoms with E-state index in [-0.39, 0.29) is 23.3 Å². The molecule has 1 amide bonds. The van der Waals surface area contributed by atoms with Crippen molar-refractivity contribution in [2.75, 3.05) is 38.0 Å². The number of nitrogens with one attached hydrogen (secondary N) is 3. The minimum atomic E-state index is -4.44. The minimum absolute atomic E-state index is 0.0387. The first-order chi connectivity index (χ1) is 17.9. The quantitative estimate of drug-likeness (QED) is 0.373. The number of anilines is 1. The number of allylic oxidation sites excluding steroid dienone is 2. The number of hydrogen-bond acceptors (Lipinski definition) is 6. The standard InChI is InChI=1S/C25H28ClF4N7O/c1-24(19(26)13-17(7-8-33-24)25(28,29)30)37-11-9-36(10-12-37)21(38)15-32-23-22(35(2)20(14-31)34-23)16-3-5-18(27)6-4-16/h3-8,13-14,17,31-33H,9-12,15H2,1-2H3. The van der Waals surface area contributed by atoms with E-state index in [0.29, 0.717) is 49.1 Å². The lowest BCUT2D eigenvalue weighted by Crippen LogP contribution is -2.62. The number of nitrogens with zero attached hydrogens (tertiary/aromatic N) is 4. The van der Waals surface area contributed by atoms with Crippen LogP contribution in [-0.4, -0.2) is 76.0 Å². The zero-order valence-electron chi connectivity index (χ0n) is 20.8. The number of aromatic nitrogens is 2. The Labute approximate surface area is 222 Å². The van der Waals surface area contributed by atoms with E-state index in [1.165, 1.54) is 18.3 Å². The maximum Gasteiger partial charge on any atom is 0.398 e. The Balaban J connectivity index is 1.40. The third-order valence-electron chi connectivity index (χ3n) is 6.89. The van der Waals surface area contributed by atoms with Crippen LogP contribution < -0.4 is 10.6 Å². The van der Waals surface area contributed by atoms with E-state index >= 15 is 0 Å². The number of imidazole rings is 1. The summed E-state index contributed by atoms with van der Waals surface area (Å²) in [7, 11) is 1.73. The van der Waals surface area contributed by atoms with Crippen LogP contribution in [0.1, 0.15) is 12.7 Å². The topological polar surface area (TPSA) is 89.3 Å². The maximum atomic E-state index is 13.4. The van der Waals surface area contributed by atoms with E-state index < -0.39 is 17.8 Å². The predicted molar refractivity (Wildman–Crippen MR) is 137 cm³/mol. The molecule has 0 bridgehead atoms. The molecule has 13 heteroatoms. The van der Waals surface area contributed by atoms with Crippen molar-refractivity contribution in [1.82, 2.24) is 24.7 Å². The van der Waals surface area contributed by atoms with E-state index in [9.17, 15) is 22.4 Å². The van der Waals surface area contributed by atoms with Crippen molar-refractivity contribution in [1.29, 1.82) is 5.41 Å². The summed E-state index contributed by atoms with van der Waals surface area (Å²) < 4.78 is 54.8. The van der Waals surface area contributed by atoms with Gasteiger partial charge in [-0.05, 0) is 37.4 Å². The minimum Gasteiger partial charge on any atom is -0.369 e. The number of carbonyl (C=O) groups excluding carboxylic acids is 1. The summed E-state index contributed by atoms with van der Waals surface area (Å²) in [6.45, 7) is 3.15. The van der Waals surface area contributed by atoms with Crippen LogP contribution in [0.5, 0.6) is 0 Å². The second-order valence-electron chi connectivity index (χ2n) is 9.26. The van der Waals surface area contributed by atoms with E-state index in [0.717, 1.165) is 18.4 Å². The molecule has 0 aliphatic carbocycles. The van der Waals surface area contributed by atoms with Crippen molar-refractivity contribution < 1.29 is 22.4 Å². The van der Waals surface area contributed by atoms with Crippen LogP contribution in [0.3, 0.4) is 0 Å². The van der Waals surface area contributed by atoms with Crippen LogP contribution in [0.15, 0.2) is 47.6 Å². The number of piperazine rings is 1. The van der Waals surface area contributed by atoms with Gasteiger partial charge < -0.3 is 25.5 Å². The molecule has 3 N–H and O–H groups in total. The van der Waals surface area contributed by atoms with Gasteiger partial charge in [-0.2, -0.15) is 13.2 Å². The molecule has 3 heterocycles. The molecule has 1 fully saturated rings. The Morgan fingerprint density at radius 2 is 1.92 bits per heavy atom. The summed E-state index contributed by atoms with van der Waals surface area (Å²) in [6.07, 6.45) is -0.0353. The van der Waals surface area contributed by atoms with Crippen LogP contribution in [0.2, 0.25) is 0 Å². The predicted octanol–water partition coefficient (Wildman–Crippen LogP) is 3.91. The highest BCUT2D eigenvalue weighted by Gasteiger charge is 2.43. The Bertz CT molecular complexity index is 1250. The van der Waals surface area contributed by atoms with Crippen LogP contribution in [-0.2, 0) is 11.8 Å². The summed E-state index contributed by atoms with van der Waals surface area (Å²) in [6, 6.07) is 5.84. The van der Waals surface area contributed by atoms with Crippen molar-refractivity contribution >= 4 is 29.5 Å². The Kier molecular flexibility index (Phi) is 7.84. The lowest BCUT2D eigenvalue weighted by molar-refractivity contribution is -0.149. The zero-order valence-corrected chi connectivity index (χ0v) is 21.6. The van der Waals surface area contributed by atoms with Gasteiger partial charge in [0.15, 0.2) is 11.6 Å². The average molecular weight is 554 g/mol. The monoisotopic (exact) mass is 553 g/mol. The normalized spacial score (nSPS) is 22.4. The average Bonchev–Trinajstić information content (AvgIpc) is 3.11. The molecular formula is C25H28ClF4N7O. The molecular weight excluding hydrogens is 526 g/mol. The SMILES string of the molecule is Cn1c(C=N)nc(NCC(=O)N2CCN(C3(C)NC=CC(C(F)(F)F)C=C3Cl)CC2)c1-c1ccc(F)cc1. The van der Waals surface area contributed by atoms with Crippen molar-refractivity contribution in [3.8, 4) is 11.3 Å². The van der Waals surface area contributed by atoms with Crippen LogP contribution in [0, 0.1) is 17.1 Å². The number of amides is 1. The van der Waals surface area contributed by atoms with Gasteiger partial charge in [0, 0.05) is 38.8 Å². The molecule has 1 aromatic carbocycles. The molecule has 2 unspecified atom stereocenters. The third-order valence-corrected chi connectivity index (χ3v) is 7.38. The summed E-state index contributed by atoms with van der Waals surface area (Å²) in [5, 5.41) is 13.7. The molecule has 1 saturated heterocycles. The largest absolute Gasteiger partial charge is 0.398 e. The van der Waals surface area contributed by atoms with Crippen molar-refractivity contribution in [2.24, 2.45) is 13.0 Å². The first-order valence-corrected chi connectivity index (χ1v) is 12.3. The fraction of sp³-hybridized carbons (Fsp3) is 0.400. The number of hydrogen-bond donors (Lipinski definition) is 3. The summed E-state index contributed by atoms with van der Waals surface area (Å²) in [4.78, 5) is 20.9. The van der Waals surface area contributed by atoms with Gasteiger partial charge in [-0.3, -0.25) is 9.69 Å². The van der Waals surface area contributed by atoms with Crippen LogP contribution in [0.4, 0.5) is 23.4 Å². The highest BCUT2D eigenvalue weighted by molar-refractivity contribution is 6.30. The molecule has 204 valence electrons. The Morgan fingerprint density at radius 1 is 1.26 bits per heavy atom. The molecule has 0 saturated carbocycles. The van der Waals surface area contributed by atoms with Gasteiger partial charge in [-0.15, -0.1) is 0 Å². The molecule has 2 aliphatic heterocycles. The second-order valence-corrected chi connectivity index (χ2v) is 9.66. The van der Waals surface area contributed by atoms with Crippen molar-refractivity contribution in [3.05, 3.63) is 59.3 Å². The van der Waals surface area contributed by atoms with E-state index in [4.69, 9.17) is 17.0 Å². The van der Waals surface area contributed by atoms with Crippen LogP contribution >= 0.6 is 11.6 Å². The van der Waals surface area contributed by atoms with E-state index in [1.807, 2.05) is 4.90 Å². The van der Waals surface area contributed by atoms with Gasteiger partial charge in [-0.25, -0.2) is 9.37 Å². The molecule has 38 heavy (non-hydrogen) atoms. The van der Waals surface area contributed by atoms with Gasteiger partial charge >= 0.3 is 6.18 Å². The molecule has 1 aromatic heterocycles. The maximum absolute atomic E-state index is 13.4. The van der Waals surface area contributed by atoms with Crippen LogP contribution in [0.25, 0.3) is 11.3 Å². The van der Waals surface area contributed by atoms with E-state index in [1.54, 1.807) is 35.6 Å². The first kappa shape index (κ1) is 27.6. The lowest BCUT2D eigenvalue weighted by Gasteiger charge is -2.45. The fourth-order valence-electron chi connectivity index (χ4n) is 4.58. The molecule has 8 nitrogen and oxygen atoms in total. The number of carbonyl (C=O) groups is 1. The highest BCUT2D eigenvalue weighted by Crippen LogP contribution is 2.36. The Morgan fingerprint density at radius 3 is 2.53 bits per heavy atom. The van der Waals surface area contributed by atoms with Gasteiger partial charge in [0.05, 0.1) is 29.4 Å². The molecule has 0 radical (unpaired) electrons. The van der Waals surface area contributed by atoms with Gasteiger partial charge in [0.2, 0.25) is 5.91 Å². The molecule has 2 aromatic rings. The van der Waals surface area contributed by atoms with Gasteiger partial charge in [0.1, 0.15) is 11.5 Å². The summed E-state index contributed by atoms with van der Waals surface area (Å²) >= 11 is 6.36. The molecule has 0 spiro atoms. The fourth-order valence-corrected chi connectivity index (χ4v) is 4.89. The molecule has 2 aliphatic rings. The van der Waals surface area contributed by atoms with Crippen molar-refractivity contribution in [2.45, 2.75) is 18.8 Å². The summed E-state index contributed by atoms with van der Waals surface area (Å²) in [5.74, 6) is -1.59. The smallest absolute Gasteiger partial charge is 0.369 e. The zero-order chi connectivity index (χ0) is 27.7. The highest BCUT2D eigenvalue weighted by atomic mass is 35.5. The summed E-state index contributed by atoms with van der Waals surface area (Å²) in [5.41, 5.74) is 0.251. The van der Waals surface area contributed by atoms with Gasteiger partial charge in [-0.1, -0.05) is 23.8 Å². The molecule has 2 atom stereocenters. The van der Waals surface area contributed by atoms with Crippen molar-refractivity contribution in [3.63, 3.8) is 0 Å². The van der Waals surface area contributed by atoms with Gasteiger partial charge in [0.25, 0.3) is 0 Å². The first-order valence-electron chi connectivity index (χ1n) is 11.9. The number of halogens is 5. The van der Waals surface area contributed by atoms with E-state index in [2.05, 4.69) is 15.6 Å². The molecule has 4 rings (SSSR count). The Hall–Kier alpha value is -3.38. The number of rotatable bonds is 6. The lowest BCUT2D eigenvalue weighted by atomic mass is 10.0.